The van der Waals surface area contributed by atoms with E-state index >= 15 is 0 Å². The largest absolute Gasteiger partial charge is 0.466 e. The van der Waals surface area contributed by atoms with E-state index in [0.717, 1.165) is 29.6 Å². The monoisotopic (exact) mass is 440 g/mol. The Morgan fingerprint density at radius 1 is 1.06 bits per heavy atom. The molecule has 32 heavy (non-hydrogen) atoms. The summed E-state index contributed by atoms with van der Waals surface area (Å²) in [5.41, 5.74) is 2.14. The highest BCUT2D eigenvalue weighted by atomic mass is 16.5. The summed E-state index contributed by atoms with van der Waals surface area (Å²) in [7, 11) is 3.43. The van der Waals surface area contributed by atoms with Gasteiger partial charge in [-0.15, -0.1) is 0 Å². The van der Waals surface area contributed by atoms with Crippen molar-refractivity contribution in [2.75, 3.05) is 14.2 Å². The summed E-state index contributed by atoms with van der Waals surface area (Å²) in [6, 6.07) is 0. The van der Waals surface area contributed by atoms with Crippen LogP contribution in [0.2, 0.25) is 0 Å². The van der Waals surface area contributed by atoms with Crippen LogP contribution in [0, 0.1) is 51.8 Å². The van der Waals surface area contributed by atoms with Crippen LogP contribution in [-0.4, -0.2) is 26.3 Å². The van der Waals surface area contributed by atoms with E-state index in [1.54, 1.807) is 0 Å². The van der Waals surface area contributed by atoms with E-state index < -0.39 is 0 Å². The minimum Gasteiger partial charge on any atom is -0.466 e. The lowest BCUT2D eigenvalue weighted by Gasteiger charge is -2.61. The third-order valence-electron chi connectivity index (χ3n) is 11.8. The fraction of sp³-hybridized carbons (Fsp3) is 0.828. The molecule has 178 valence electrons. The molecule has 0 amide bonds. The summed E-state index contributed by atoms with van der Waals surface area (Å²) in [6.07, 6.45) is 18.0. The second kappa shape index (κ2) is 7.72. The molecule has 0 aromatic carbocycles. The second-order valence-electron chi connectivity index (χ2n) is 12.5. The second-order valence-corrected chi connectivity index (χ2v) is 12.5. The summed E-state index contributed by atoms with van der Waals surface area (Å²) < 4.78 is 11.1. The molecule has 10 atom stereocenters. The Morgan fingerprint density at radius 2 is 1.84 bits per heavy atom. The summed E-state index contributed by atoms with van der Waals surface area (Å²) in [6.45, 7) is 9.50. The van der Waals surface area contributed by atoms with Crippen molar-refractivity contribution in [3.63, 3.8) is 0 Å². The molecule has 0 bridgehead atoms. The van der Waals surface area contributed by atoms with E-state index in [9.17, 15) is 4.79 Å². The molecule has 0 heterocycles. The number of methoxy groups -OCH3 is 2. The van der Waals surface area contributed by atoms with Crippen molar-refractivity contribution in [3.8, 4) is 0 Å². The molecule has 0 aliphatic heterocycles. The Labute approximate surface area is 195 Å². The third kappa shape index (κ3) is 2.91. The van der Waals surface area contributed by atoms with Gasteiger partial charge >= 0.3 is 5.97 Å². The molecule has 5 aliphatic carbocycles. The van der Waals surface area contributed by atoms with Crippen molar-refractivity contribution < 1.29 is 14.3 Å². The summed E-state index contributed by atoms with van der Waals surface area (Å²) >= 11 is 0. The summed E-state index contributed by atoms with van der Waals surface area (Å²) in [5, 5.41) is 0. The normalized spacial score (nSPS) is 50.4. The van der Waals surface area contributed by atoms with Crippen LogP contribution in [0.15, 0.2) is 23.8 Å². The Kier molecular flexibility index (Phi) is 5.47. The number of carbonyl (C=O) groups excluding carboxylic acids is 1. The van der Waals surface area contributed by atoms with E-state index in [-0.39, 0.29) is 5.97 Å². The van der Waals surface area contributed by atoms with E-state index in [4.69, 9.17) is 9.47 Å². The van der Waals surface area contributed by atoms with Gasteiger partial charge in [-0.25, -0.2) is 4.79 Å². The average molecular weight is 441 g/mol. The Hall–Kier alpha value is -1.09. The molecule has 5 rings (SSSR count). The smallest absolute Gasteiger partial charge is 0.333 e. The fourth-order valence-corrected chi connectivity index (χ4v) is 10.2. The predicted octanol–water partition coefficient (Wildman–Crippen LogP) is 6.58. The van der Waals surface area contributed by atoms with Gasteiger partial charge < -0.3 is 9.47 Å². The maximum atomic E-state index is 11.7. The fourth-order valence-electron chi connectivity index (χ4n) is 10.2. The molecule has 0 N–H and O–H groups in total. The van der Waals surface area contributed by atoms with Crippen LogP contribution in [0.3, 0.4) is 0 Å². The van der Waals surface area contributed by atoms with Gasteiger partial charge in [0.15, 0.2) is 0 Å². The molecular weight excluding hydrogens is 396 g/mol. The van der Waals surface area contributed by atoms with Gasteiger partial charge in [-0.3, -0.25) is 0 Å². The molecule has 0 aromatic rings. The first kappa shape index (κ1) is 22.7. The first-order valence-corrected chi connectivity index (χ1v) is 13.2. The number of ether oxygens (including phenoxy) is 2. The summed E-state index contributed by atoms with van der Waals surface area (Å²) in [5.74, 6) is 4.58. The van der Waals surface area contributed by atoms with Crippen molar-refractivity contribution in [3.05, 3.63) is 23.8 Å². The maximum absolute atomic E-state index is 11.7. The molecule has 0 aromatic heterocycles. The highest BCUT2D eigenvalue weighted by Crippen LogP contribution is 2.82. The van der Waals surface area contributed by atoms with Gasteiger partial charge in [0.2, 0.25) is 0 Å². The van der Waals surface area contributed by atoms with Crippen molar-refractivity contribution >= 4 is 5.97 Å². The molecule has 0 saturated heterocycles. The minimum atomic E-state index is -0.241. The molecule has 5 aliphatic rings. The summed E-state index contributed by atoms with van der Waals surface area (Å²) in [4.78, 5) is 11.7. The maximum Gasteiger partial charge on any atom is 0.333 e. The van der Waals surface area contributed by atoms with Crippen molar-refractivity contribution in [2.45, 2.75) is 85.2 Å². The number of esters is 1. The highest BCUT2D eigenvalue weighted by Gasteiger charge is 2.77. The van der Waals surface area contributed by atoms with Crippen LogP contribution in [0.5, 0.6) is 0 Å². The van der Waals surface area contributed by atoms with Gasteiger partial charge in [-0.05, 0) is 105 Å². The molecule has 0 radical (unpaired) electrons. The van der Waals surface area contributed by atoms with E-state index in [1.807, 2.05) is 20.1 Å². The van der Waals surface area contributed by atoms with E-state index in [2.05, 4.69) is 32.9 Å². The standard InChI is InChI=1S/C29H44O3/c1-18(8-7-9-19(2)26(30)32-6)22-10-11-23-21-16-25(31-5)29-17-20(29)12-15-28(29,4)24(21)13-14-27(22,23)3/h7-9,18,20-25H,10-17H2,1-6H3/b8-7+,19-9+/t18-,20-,21+,22-,23+,24+,25-,27-,28-,29+/m1/s1. The zero-order valence-electron chi connectivity index (χ0n) is 21.2. The lowest BCUT2D eigenvalue weighted by molar-refractivity contribution is -0.160. The van der Waals surface area contributed by atoms with Crippen LogP contribution in [0.4, 0.5) is 0 Å². The first-order valence-electron chi connectivity index (χ1n) is 13.2. The van der Waals surface area contributed by atoms with Gasteiger partial charge in [-0.1, -0.05) is 39.0 Å². The Bertz CT molecular complexity index is 828. The lowest BCUT2D eigenvalue weighted by Crippen LogP contribution is -2.57. The van der Waals surface area contributed by atoms with Crippen LogP contribution in [0.25, 0.3) is 0 Å². The van der Waals surface area contributed by atoms with Gasteiger partial charge in [0, 0.05) is 18.1 Å². The van der Waals surface area contributed by atoms with E-state index in [1.165, 1.54) is 58.5 Å². The van der Waals surface area contributed by atoms with E-state index in [0.29, 0.717) is 33.8 Å². The van der Waals surface area contributed by atoms with Crippen molar-refractivity contribution in [1.29, 1.82) is 0 Å². The molecule has 5 saturated carbocycles. The van der Waals surface area contributed by atoms with Crippen LogP contribution >= 0.6 is 0 Å². The number of fused-ring (bicyclic) bond motifs is 4. The van der Waals surface area contributed by atoms with Gasteiger partial charge in [0.05, 0.1) is 13.2 Å². The highest BCUT2D eigenvalue weighted by molar-refractivity contribution is 5.87. The third-order valence-corrected chi connectivity index (χ3v) is 11.8. The van der Waals surface area contributed by atoms with Crippen molar-refractivity contribution in [1.82, 2.24) is 0 Å². The number of hydrogen-bond donors (Lipinski definition) is 0. The number of hydrogen-bond acceptors (Lipinski definition) is 3. The van der Waals surface area contributed by atoms with Crippen LogP contribution in [-0.2, 0) is 14.3 Å². The molecule has 3 nitrogen and oxygen atoms in total. The molecular formula is C29H44O3. The average Bonchev–Trinajstić information content (AvgIpc) is 3.29. The number of rotatable bonds is 5. The number of allylic oxidation sites excluding steroid dienone is 3. The topological polar surface area (TPSA) is 35.5 Å². The van der Waals surface area contributed by atoms with Gasteiger partial charge in [0.1, 0.15) is 0 Å². The quantitative estimate of drug-likeness (QED) is 0.275. The Morgan fingerprint density at radius 3 is 2.53 bits per heavy atom. The lowest BCUT2D eigenvalue weighted by atomic mass is 9.45. The zero-order valence-corrected chi connectivity index (χ0v) is 21.2. The first-order chi connectivity index (χ1) is 15.2. The van der Waals surface area contributed by atoms with Crippen molar-refractivity contribution in [2.24, 2.45) is 51.8 Å². The van der Waals surface area contributed by atoms with Crippen LogP contribution < -0.4 is 0 Å². The molecule has 0 unspecified atom stereocenters. The number of carbonyl (C=O) groups is 1. The molecule has 3 heteroatoms. The molecule has 1 spiro atoms. The minimum absolute atomic E-state index is 0.241. The SMILES string of the molecule is COC(=O)/C(C)=C/C=C/[C@@H](C)[C@H]1CC[C@H]2[C@@H]3C[C@@H](OC)[C@]45C[C@H]4CC[C@]5(C)[C@H]3CC[C@]12C. The Balaban J connectivity index is 1.35. The van der Waals surface area contributed by atoms with Gasteiger partial charge in [-0.2, -0.15) is 0 Å². The molecule has 5 fully saturated rings. The predicted molar refractivity (Wildman–Crippen MR) is 128 cm³/mol. The zero-order chi connectivity index (χ0) is 22.9. The van der Waals surface area contributed by atoms with Gasteiger partial charge in [0.25, 0.3) is 0 Å². The van der Waals surface area contributed by atoms with Crippen LogP contribution in [0.1, 0.15) is 79.1 Å².